The van der Waals surface area contributed by atoms with Crippen LogP contribution in [-0.4, -0.2) is 10.1 Å². The first-order chi connectivity index (χ1) is 8.25. The summed E-state index contributed by atoms with van der Waals surface area (Å²) in [6.45, 7) is 2.54. The second-order valence-corrected chi connectivity index (χ2v) is 4.01. The van der Waals surface area contributed by atoms with Crippen molar-refractivity contribution in [3.05, 3.63) is 59.9 Å². The van der Waals surface area contributed by atoms with Gasteiger partial charge in [-0.3, -0.25) is 4.98 Å². The lowest BCUT2D eigenvalue weighted by atomic mass is 10.1. The van der Waals surface area contributed by atoms with Gasteiger partial charge < -0.3 is 10.4 Å². The van der Waals surface area contributed by atoms with E-state index < -0.39 is 6.10 Å². The van der Waals surface area contributed by atoms with Crippen LogP contribution in [0.3, 0.4) is 0 Å². The lowest BCUT2D eigenvalue weighted by Gasteiger charge is -2.08. The van der Waals surface area contributed by atoms with Gasteiger partial charge in [0.05, 0.1) is 6.10 Å². The van der Waals surface area contributed by atoms with Crippen LogP contribution in [-0.2, 0) is 6.54 Å². The number of benzene rings is 1. The highest BCUT2D eigenvalue weighted by Gasteiger charge is 1.99. The first kappa shape index (κ1) is 11.6. The molecule has 17 heavy (non-hydrogen) atoms. The van der Waals surface area contributed by atoms with Gasteiger partial charge in [0.25, 0.3) is 0 Å². The van der Waals surface area contributed by atoms with E-state index >= 15 is 0 Å². The maximum atomic E-state index is 9.40. The second kappa shape index (κ2) is 5.46. The predicted octanol–water partition coefficient (Wildman–Crippen LogP) is 2.75. The summed E-state index contributed by atoms with van der Waals surface area (Å²) in [6, 6.07) is 11.8. The molecule has 2 rings (SSSR count). The van der Waals surface area contributed by atoms with Crippen molar-refractivity contribution >= 4 is 5.69 Å². The van der Waals surface area contributed by atoms with E-state index in [0.29, 0.717) is 0 Å². The molecule has 0 bridgehead atoms. The molecule has 0 saturated carbocycles. The Morgan fingerprint density at radius 3 is 2.35 bits per heavy atom. The highest BCUT2D eigenvalue weighted by molar-refractivity contribution is 5.45. The second-order valence-electron chi connectivity index (χ2n) is 4.01. The molecule has 1 unspecified atom stereocenters. The number of pyridine rings is 1. The summed E-state index contributed by atoms with van der Waals surface area (Å²) in [4.78, 5) is 3.98. The zero-order valence-corrected chi connectivity index (χ0v) is 9.80. The van der Waals surface area contributed by atoms with Crippen molar-refractivity contribution in [3.8, 4) is 0 Å². The average Bonchev–Trinajstić information content (AvgIpc) is 2.38. The number of nitrogens with zero attached hydrogens (tertiary/aromatic N) is 1. The summed E-state index contributed by atoms with van der Waals surface area (Å²) < 4.78 is 0. The highest BCUT2D eigenvalue weighted by Crippen LogP contribution is 2.16. The number of aromatic nitrogens is 1. The largest absolute Gasteiger partial charge is 0.389 e. The number of nitrogens with one attached hydrogen (secondary N) is 1. The zero-order valence-electron chi connectivity index (χ0n) is 9.80. The summed E-state index contributed by atoms with van der Waals surface area (Å²) in [7, 11) is 0. The number of hydrogen-bond donors (Lipinski definition) is 2. The molecule has 88 valence electrons. The van der Waals surface area contributed by atoms with Crippen LogP contribution in [0.15, 0.2) is 48.8 Å². The van der Waals surface area contributed by atoms with Crippen molar-refractivity contribution in [2.24, 2.45) is 0 Å². The van der Waals surface area contributed by atoms with Crippen molar-refractivity contribution < 1.29 is 5.11 Å². The van der Waals surface area contributed by atoms with Crippen molar-refractivity contribution in [2.45, 2.75) is 19.6 Å². The molecule has 0 spiro atoms. The van der Waals surface area contributed by atoms with E-state index in [1.165, 1.54) is 5.56 Å². The van der Waals surface area contributed by atoms with Gasteiger partial charge in [-0.05, 0) is 42.3 Å². The molecule has 0 aliphatic rings. The van der Waals surface area contributed by atoms with Crippen LogP contribution < -0.4 is 5.32 Å². The van der Waals surface area contributed by atoms with Gasteiger partial charge in [0.1, 0.15) is 0 Å². The first-order valence-corrected chi connectivity index (χ1v) is 5.66. The summed E-state index contributed by atoms with van der Waals surface area (Å²) in [6.07, 6.45) is 3.16. The van der Waals surface area contributed by atoms with Crippen molar-refractivity contribution in [1.82, 2.24) is 4.98 Å². The third kappa shape index (κ3) is 3.29. The SMILES string of the molecule is CC(O)c1ccc(NCc2ccncc2)cc1. The van der Waals surface area contributed by atoms with Gasteiger partial charge in [0.15, 0.2) is 0 Å². The molecule has 1 aromatic heterocycles. The summed E-state index contributed by atoms with van der Waals surface area (Å²) in [5, 5.41) is 12.7. The Labute approximate surface area is 101 Å². The van der Waals surface area contributed by atoms with E-state index in [4.69, 9.17) is 0 Å². The van der Waals surface area contributed by atoms with Crippen LogP contribution in [0, 0.1) is 0 Å². The van der Waals surface area contributed by atoms with E-state index in [9.17, 15) is 5.11 Å². The Bertz CT molecular complexity index is 451. The van der Waals surface area contributed by atoms with Crippen LogP contribution >= 0.6 is 0 Å². The maximum Gasteiger partial charge on any atom is 0.0761 e. The molecule has 1 aromatic carbocycles. The van der Waals surface area contributed by atoms with Gasteiger partial charge in [-0.1, -0.05) is 12.1 Å². The zero-order chi connectivity index (χ0) is 12.1. The third-order valence-electron chi connectivity index (χ3n) is 2.64. The van der Waals surface area contributed by atoms with Crippen molar-refractivity contribution in [1.29, 1.82) is 0 Å². The van der Waals surface area contributed by atoms with Crippen LogP contribution in [0.25, 0.3) is 0 Å². The van der Waals surface area contributed by atoms with Gasteiger partial charge >= 0.3 is 0 Å². The number of aliphatic hydroxyl groups excluding tert-OH is 1. The summed E-state index contributed by atoms with van der Waals surface area (Å²) >= 11 is 0. The number of rotatable bonds is 4. The molecular formula is C14H16N2O. The van der Waals surface area contributed by atoms with E-state index in [-0.39, 0.29) is 0 Å². The Morgan fingerprint density at radius 2 is 1.76 bits per heavy atom. The molecule has 0 radical (unpaired) electrons. The minimum Gasteiger partial charge on any atom is -0.389 e. The number of aliphatic hydroxyl groups is 1. The summed E-state index contributed by atoms with van der Waals surface area (Å²) in [5.74, 6) is 0. The van der Waals surface area contributed by atoms with E-state index in [1.54, 1.807) is 19.3 Å². The molecular weight excluding hydrogens is 212 g/mol. The standard InChI is InChI=1S/C14H16N2O/c1-11(17)13-2-4-14(5-3-13)16-10-12-6-8-15-9-7-12/h2-9,11,16-17H,10H2,1H3. The van der Waals surface area contributed by atoms with Gasteiger partial charge in [0, 0.05) is 24.6 Å². The minimum absolute atomic E-state index is 0.413. The lowest BCUT2D eigenvalue weighted by molar-refractivity contribution is 0.199. The first-order valence-electron chi connectivity index (χ1n) is 5.66. The monoisotopic (exact) mass is 228 g/mol. The third-order valence-corrected chi connectivity index (χ3v) is 2.64. The van der Waals surface area contributed by atoms with Gasteiger partial charge in [-0.2, -0.15) is 0 Å². The van der Waals surface area contributed by atoms with E-state index in [2.05, 4.69) is 10.3 Å². The van der Waals surface area contributed by atoms with Crippen molar-refractivity contribution in [2.75, 3.05) is 5.32 Å². The Kier molecular flexibility index (Phi) is 3.73. The van der Waals surface area contributed by atoms with Crippen LogP contribution in [0.2, 0.25) is 0 Å². The molecule has 1 atom stereocenters. The normalized spacial score (nSPS) is 12.1. The minimum atomic E-state index is -0.413. The Hall–Kier alpha value is -1.87. The van der Waals surface area contributed by atoms with E-state index in [0.717, 1.165) is 17.8 Å². The molecule has 3 heteroatoms. The maximum absolute atomic E-state index is 9.40. The molecule has 3 nitrogen and oxygen atoms in total. The number of hydrogen-bond acceptors (Lipinski definition) is 3. The van der Waals surface area contributed by atoms with E-state index in [1.807, 2.05) is 36.4 Å². The highest BCUT2D eigenvalue weighted by atomic mass is 16.3. The van der Waals surface area contributed by atoms with Crippen LogP contribution in [0.5, 0.6) is 0 Å². The predicted molar refractivity (Wildman–Crippen MR) is 68.6 cm³/mol. The quantitative estimate of drug-likeness (QED) is 0.845. The van der Waals surface area contributed by atoms with Gasteiger partial charge in [0.2, 0.25) is 0 Å². The molecule has 0 amide bonds. The summed E-state index contributed by atoms with van der Waals surface area (Å²) in [5.41, 5.74) is 3.17. The fraction of sp³-hybridized carbons (Fsp3) is 0.214. The smallest absolute Gasteiger partial charge is 0.0761 e. The fourth-order valence-electron chi connectivity index (χ4n) is 1.58. The topological polar surface area (TPSA) is 45.1 Å². The van der Waals surface area contributed by atoms with Gasteiger partial charge in [-0.15, -0.1) is 0 Å². The number of anilines is 1. The fourth-order valence-corrected chi connectivity index (χ4v) is 1.58. The molecule has 2 aromatic rings. The average molecular weight is 228 g/mol. The van der Waals surface area contributed by atoms with Crippen LogP contribution in [0.1, 0.15) is 24.2 Å². The molecule has 2 N–H and O–H groups in total. The molecule has 0 fully saturated rings. The van der Waals surface area contributed by atoms with Gasteiger partial charge in [-0.25, -0.2) is 0 Å². The Balaban J connectivity index is 1.96. The Morgan fingerprint density at radius 1 is 1.12 bits per heavy atom. The molecule has 1 heterocycles. The molecule has 0 saturated heterocycles. The van der Waals surface area contributed by atoms with Crippen LogP contribution in [0.4, 0.5) is 5.69 Å². The molecule has 0 aliphatic heterocycles. The molecule has 0 aliphatic carbocycles. The van der Waals surface area contributed by atoms with Crippen molar-refractivity contribution in [3.63, 3.8) is 0 Å². The lowest BCUT2D eigenvalue weighted by Crippen LogP contribution is -1.99.